The minimum Gasteiger partial charge on any atom is -0.371 e. The zero-order chi connectivity index (χ0) is 13.9. The molecule has 2 aromatic rings. The number of nitrogens with one attached hydrogen (secondary N) is 1. The number of halogens is 2. The van der Waals surface area contributed by atoms with E-state index < -0.39 is 0 Å². The van der Waals surface area contributed by atoms with Crippen LogP contribution in [0.5, 0.6) is 0 Å². The molecule has 2 heterocycles. The highest BCUT2D eigenvalue weighted by molar-refractivity contribution is 6.31. The molecule has 0 bridgehead atoms. The number of morpholine rings is 1. The standard InChI is InChI=1S/C14H15ClFN3O/c15-13-5-10(16)1-2-12(13)14-8-19(3-4-20-14)7-11-6-17-9-18-11/h1-2,5-6,9,14H,3-4,7-8H2,(H,17,18)/t14-/m1/s1. The Labute approximate surface area is 121 Å². The Morgan fingerprint density at radius 1 is 1.50 bits per heavy atom. The minimum atomic E-state index is -0.330. The highest BCUT2D eigenvalue weighted by Crippen LogP contribution is 2.29. The molecule has 1 aliphatic heterocycles. The summed E-state index contributed by atoms with van der Waals surface area (Å²) in [5.74, 6) is -0.330. The first-order valence-electron chi connectivity index (χ1n) is 6.48. The lowest BCUT2D eigenvalue weighted by molar-refractivity contribution is -0.0332. The Morgan fingerprint density at radius 3 is 3.15 bits per heavy atom. The highest BCUT2D eigenvalue weighted by atomic mass is 35.5. The van der Waals surface area contributed by atoms with Crippen LogP contribution < -0.4 is 0 Å². The van der Waals surface area contributed by atoms with Crippen LogP contribution in [0.4, 0.5) is 4.39 Å². The highest BCUT2D eigenvalue weighted by Gasteiger charge is 2.24. The molecule has 0 amide bonds. The Bertz CT molecular complexity index is 576. The summed E-state index contributed by atoms with van der Waals surface area (Å²) in [5.41, 5.74) is 1.90. The summed E-state index contributed by atoms with van der Waals surface area (Å²) in [4.78, 5) is 9.37. The normalized spacial score (nSPS) is 20.2. The second kappa shape index (κ2) is 5.91. The Hall–Kier alpha value is -1.43. The number of hydrogen-bond donors (Lipinski definition) is 1. The first kappa shape index (κ1) is 13.5. The molecule has 1 aromatic heterocycles. The first-order chi connectivity index (χ1) is 9.72. The predicted octanol–water partition coefficient (Wildman–Crippen LogP) is 2.78. The van der Waals surface area contributed by atoms with Crippen LogP contribution in [0.3, 0.4) is 0 Å². The molecule has 1 N–H and O–H groups in total. The molecule has 6 heteroatoms. The van der Waals surface area contributed by atoms with E-state index >= 15 is 0 Å². The molecule has 0 unspecified atom stereocenters. The minimum absolute atomic E-state index is 0.125. The maximum absolute atomic E-state index is 13.1. The summed E-state index contributed by atoms with van der Waals surface area (Å²) in [6, 6.07) is 4.44. The number of hydrogen-bond acceptors (Lipinski definition) is 3. The summed E-state index contributed by atoms with van der Waals surface area (Å²) >= 11 is 6.10. The summed E-state index contributed by atoms with van der Waals surface area (Å²) in [7, 11) is 0. The number of benzene rings is 1. The van der Waals surface area contributed by atoms with Crippen molar-refractivity contribution in [2.45, 2.75) is 12.6 Å². The Morgan fingerprint density at radius 2 is 2.40 bits per heavy atom. The van der Waals surface area contributed by atoms with Crippen molar-refractivity contribution in [3.63, 3.8) is 0 Å². The average Bonchev–Trinajstić information content (AvgIpc) is 2.92. The molecule has 1 saturated heterocycles. The largest absolute Gasteiger partial charge is 0.371 e. The van der Waals surface area contributed by atoms with Crippen molar-refractivity contribution < 1.29 is 9.13 Å². The van der Waals surface area contributed by atoms with Gasteiger partial charge in [0, 0.05) is 42.1 Å². The molecule has 0 spiro atoms. The fraction of sp³-hybridized carbons (Fsp3) is 0.357. The van der Waals surface area contributed by atoms with Gasteiger partial charge in [-0.1, -0.05) is 17.7 Å². The average molecular weight is 296 g/mol. The van der Waals surface area contributed by atoms with Crippen molar-refractivity contribution >= 4 is 11.6 Å². The van der Waals surface area contributed by atoms with E-state index in [2.05, 4.69) is 14.9 Å². The fourth-order valence-corrected chi connectivity index (χ4v) is 2.70. The number of imidazole rings is 1. The Balaban J connectivity index is 1.71. The molecular weight excluding hydrogens is 281 g/mol. The maximum atomic E-state index is 13.1. The third kappa shape index (κ3) is 3.00. The molecule has 0 radical (unpaired) electrons. The van der Waals surface area contributed by atoms with Crippen molar-refractivity contribution in [2.75, 3.05) is 19.7 Å². The number of aromatic amines is 1. The van der Waals surface area contributed by atoms with Crippen LogP contribution in [0.2, 0.25) is 5.02 Å². The molecule has 1 aliphatic rings. The topological polar surface area (TPSA) is 41.2 Å². The van der Waals surface area contributed by atoms with Gasteiger partial charge < -0.3 is 9.72 Å². The van der Waals surface area contributed by atoms with Crippen LogP contribution in [0.1, 0.15) is 17.4 Å². The van der Waals surface area contributed by atoms with Gasteiger partial charge >= 0.3 is 0 Å². The van der Waals surface area contributed by atoms with E-state index in [4.69, 9.17) is 16.3 Å². The van der Waals surface area contributed by atoms with Crippen LogP contribution in [0.15, 0.2) is 30.7 Å². The molecule has 20 heavy (non-hydrogen) atoms. The number of rotatable bonds is 3. The zero-order valence-corrected chi connectivity index (χ0v) is 11.6. The Kier molecular flexibility index (Phi) is 4.00. The summed E-state index contributed by atoms with van der Waals surface area (Å²) < 4.78 is 18.9. The van der Waals surface area contributed by atoms with E-state index in [0.29, 0.717) is 11.6 Å². The zero-order valence-electron chi connectivity index (χ0n) is 10.9. The van der Waals surface area contributed by atoms with Gasteiger partial charge in [0.1, 0.15) is 5.82 Å². The second-order valence-electron chi connectivity index (χ2n) is 4.84. The van der Waals surface area contributed by atoms with Gasteiger partial charge in [-0.05, 0) is 12.1 Å². The van der Waals surface area contributed by atoms with Gasteiger partial charge in [-0.15, -0.1) is 0 Å². The van der Waals surface area contributed by atoms with Crippen molar-refractivity contribution in [2.24, 2.45) is 0 Å². The van der Waals surface area contributed by atoms with E-state index in [-0.39, 0.29) is 11.9 Å². The molecule has 4 nitrogen and oxygen atoms in total. The third-order valence-electron chi connectivity index (χ3n) is 3.41. The van der Waals surface area contributed by atoms with Crippen LogP contribution in [0, 0.1) is 5.82 Å². The van der Waals surface area contributed by atoms with Crippen LogP contribution in [-0.2, 0) is 11.3 Å². The van der Waals surface area contributed by atoms with E-state index in [1.807, 2.05) is 6.20 Å². The molecular formula is C14H15ClFN3O. The molecule has 1 fully saturated rings. The van der Waals surface area contributed by atoms with E-state index in [1.54, 1.807) is 12.4 Å². The van der Waals surface area contributed by atoms with E-state index in [9.17, 15) is 4.39 Å². The van der Waals surface area contributed by atoms with Gasteiger partial charge in [-0.25, -0.2) is 9.37 Å². The summed E-state index contributed by atoms with van der Waals surface area (Å²) in [6.45, 7) is 3.00. The van der Waals surface area contributed by atoms with Gasteiger partial charge in [0.2, 0.25) is 0 Å². The van der Waals surface area contributed by atoms with Crippen LogP contribution >= 0.6 is 11.6 Å². The van der Waals surface area contributed by atoms with E-state index in [0.717, 1.165) is 30.9 Å². The lowest BCUT2D eigenvalue weighted by atomic mass is 10.1. The maximum Gasteiger partial charge on any atom is 0.124 e. The number of ether oxygens (including phenoxy) is 1. The predicted molar refractivity (Wildman–Crippen MR) is 74.0 cm³/mol. The molecule has 0 aliphatic carbocycles. The van der Waals surface area contributed by atoms with Gasteiger partial charge in [0.25, 0.3) is 0 Å². The molecule has 0 saturated carbocycles. The molecule has 106 valence electrons. The third-order valence-corrected chi connectivity index (χ3v) is 3.74. The summed E-state index contributed by atoms with van der Waals surface area (Å²) in [6.07, 6.45) is 3.36. The van der Waals surface area contributed by atoms with Gasteiger partial charge in [-0.2, -0.15) is 0 Å². The van der Waals surface area contributed by atoms with Gasteiger partial charge in [0.05, 0.1) is 19.0 Å². The lowest BCUT2D eigenvalue weighted by Gasteiger charge is -2.33. The molecule has 1 atom stereocenters. The van der Waals surface area contributed by atoms with Crippen molar-refractivity contribution in [1.82, 2.24) is 14.9 Å². The fourth-order valence-electron chi connectivity index (χ4n) is 2.41. The molecule has 3 rings (SSSR count). The van der Waals surface area contributed by atoms with Crippen molar-refractivity contribution in [3.8, 4) is 0 Å². The monoisotopic (exact) mass is 295 g/mol. The van der Waals surface area contributed by atoms with E-state index in [1.165, 1.54) is 12.1 Å². The van der Waals surface area contributed by atoms with Crippen LogP contribution in [-0.4, -0.2) is 34.6 Å². The smallest absolute Gasteiger partial charge is 0.124 e. The first-order valence-corrected chi connectivity index (χ1v) is 6.86. The van der Waals surface area contributed by atoms with Gasteiger partial charge in [0.15, 0.2) is 0 Å². The second-order valence-corrected chi connectivity index (χ2v) is 5.24. The van der Waals surface area contributed by atoms with Crippen molar-refractivity contribution in [1.29, 1.82) is 0 Å². The molecule has 1 aromatic carbocycles. The SMILES string of the molecule is Fc1ccc([C@H]2CN(Cc3cnc[nH]3)CCO2)c(Cl)c1. The van der Waals surface area contributed by atoms with Gasteiger partial charge in [-0.3, -0.25) is 4.90 Å². The number of H-pyrrole nitrogens is 1. The number of aromatic nitrogens is 2. The van der Waals surface area contributed by atoms with Crippen LogP contribution in [0.25, 0.3) is 0 Å². The lowest BCUT2D eigenvalue weighted by Crippen LogP contribution is -2.38. The number of nitrogens with zero attached hydrogens (tertiary/aromatic N) is 2. The quantitative estimate of drug-likeness (QED) is 0.947. The summed E-state index contributed by atoms with van der Waals surface area (Å²) in [5, 5.41) is 0.415. The van der Waals surface area contributed by atoms with Crippen molar-refractivity contribution in [3.05, 3.63) is 52.8 Å².